The van der Waals surface area contributed by atoms with Gasteiger partial charge < -0.3 is 30.6 Å². The third kappa shape index (κ3) is 15.1. The normalized spacial score (nSPS) is 11.6. The minimum atomic E-state index is -5.16. The van der Waals surface area contributed by atoms with Gasteiger partial charge in [0.05, 0.1) is 20.9 Å². The lowest BCUT2D eigenvalue weighted by atomic mass is 9.79. The molecule has 9 aromatic carbocycles. The van der Waals surface area contributed by atoms with Gasteiger partial charge >= 0.3 is 0 Å². The Morgan fingerprint density at radius 2 is 0.804 bits per heavy atom. The lowest BCUT2D eigenvalue weighted by Crippen LogP contribution is -2.21. The molecule has 0 radical (unpaired) electrons. The van der Waals surface area contributed by atoms with Crippen molar-refractivity contribution in [2.75, 3.05) is 46.6 Å². The van der Waals surface area contributed by atoms with Crippen molar-refractivity contribution in [3.8, 4) is 11.5 Å². The highest BCUT2D eigenvalue weighted by atomic mass is 32.2. The van der Waals surface area contributed by atoms with E-state index >= 15 is 0 Å². The fraction of sp³-hybridized carbons (Fsp3) is 0.266. The second-order valence-corrected chi connectivity index (χ2v) is 27.4. The predicted octanol–water partition coefficient (Wildman–Crippen LogP) is 16.2. The number of anilines is 6. The van der Waals surface area contributed by atoms with E-state index in [4.69, 9.17) is 0 Å². The Morgan fingerprint density at radius 3 is 1.15 bits per heavy atom. The fourth-order valence-electron chi connectivity index (χ4n) is 13.5. The van der Waals surface area contributed by atoms with Gasteiger partial charge in [0.1, 0.15) is 11.5 Å². The highest BCUT2D eigenvalue weighted by molar-refractivity contribution is 7.86. The molecule has 0 saturated heterocycles. The molecule has 18 heteroatoms. The SMILES string of the molecule is CCc1cc(Nc2c(C)cc(C)c(CC(=O)c3ccccc3C(=O)c3ccc(N(CC)CC)cc3O)c2C)ccc1C(c1ccc(Nc2c(C)cc(C)c(CC(=O)c3ccccc3C(=O)c3ccc(N(CC)CC)cc3O)c2C)cc1CC)c1ccc(S(=O)(=O)O)cc1S(=O)(=O)O. The Morgan fingerprint density at radius 1 is 0.423 bits per heavy atom. The van der Waals surface area contributed by atoms with E-state index in [0.29, 0.717) is 61.5 Å². The number of carbonyl (C=O) groups excluding carboxylic acids is 4. The van der Waals surface area contributed by atoms with E-state index in [0.717, 1.165) is 90.5 Å². The van der Waals surface area contributed by atoms with Crippen LogP contribution in [-0.4, -0.2) is 85.5 Å². The fourth-order valence-corrected chi connectivity index (χ4v) is 14.8. The molecule has 0 atom stereocenters. The largest absolute Gasteiger partial charge is 0.507 e. The van der Waals surface area contributed by atoms with E-state index in [9.17, 15) is 55.3 Å². The summed E-state index contributed by atoms with van der Waals surface area (Å²) in [5, 5.41) is 29.4. The zero-order chi connectivity index (χ0) is 70.5. The standard InChI is InChI=1S/C79H84N4O12S2/c1-13-52-39-54(80-76-48(9)37-46(7)68(50(76)11)44-72(86)61-23-19-21-25-63(61)78(88)65-34-29-56(41-70(65)84)82(15-3)16-4)27-32-59(52)75(67-36-31-58(96(90,91)92)43-74(67)97(93,94)95)60-33-28-55(40-53(60)14-2)81-77-49(10)38-47(8)69(51(77)12)45-73(87)62-24-20-22-26-64(62)79(89)66-35-30-57(42-71(66)85)83(17-5)18-6/h19-43,75,80-81,84-85H,13-18,44-45H2,1-12H3,(H,90,91,92)(H,93,94,95). The summed E-state index contributed by atoms with van der Waals surface area (Å²) in [5.41, 5.74) is 14.7. The van der Waals surface area contributed by atoms with Crippen LogP contribution in [0, 0.1) is 41.5 Å². The lowest BCUT2D eigenvalue weighted by molar-refractivity contribution is 0.0973. The molecule has 9 aromatic rings. The molecule has 6 N–H and O–H groups in total. The zero-order valence-electron chi connectivity index (χ0n) is 56.9. The first-order valence-corrected chi connectivity index (χ1v) is 35.5. The molecule has 0 saturated carbocycles. The topological polar surface area (TPSA) is 248 Å². The third-order valence-electron chi connectivity index (χ3n) is 18.7. The van der Waals surface area contributed by atoms with Gasteiger partial charge in [-0.3, -0.25) is 28.3 Å². The molecule has 0 aliphatic rings. The Bertz CT molecular complexity index is 4570. The monoisotopic (exact) mass is 1340 g/mol. The lowest BCUT2D eigenvalue weighted by Gasteiger charge is -2.27. The number of phenols is 2. The maximum absolute atomic E-state index is 14.5. The van der Waals surface area contributed by atoms with Crippen LogP contribution in [-0.2, 0) is 45.9 Å². The van der Waals surface area contributed by atoms with E-state index < -0.39 is 47.5 Å². The first kappa shape index (κ1) is 71.6. The molecule has 0 aromatic heterocycles. The number of nitrogens with zero attached hydrogens (tertiary/aromatic N) is 2. The summed E-state index contributed by atoms with van der Waals surface area (Å²) in [6.07, 6.45) is 0.752. The van der Waals surface area contributed by atoms with E-state index in [2.05, 4.69) is 20.4 Å². The van der Waals surface area contributed by atoms with Gasteiger partial charge in [0.15, 0.2) is 23.1 Å². The summed E-state index contributed by atoms with van der Waals surface area (Å²) in [6, 6.07) is 41.5. The Labute approximate surface area is 569 Å². The summed E-state index contributed by atoms with van der Waals surface area (Å²) < 4.78 is 73.4. The second kappa shape index (κ2) is 29.7. The maximum Gasteiger partial charge on any atom is 0.294 e. The molecule has 9 rings (SSSR count). The minimum Gasteiger partial charge on any atom is -0.507 e. The van der Waals surface area contributed by atoms with Crippen LogP contribution in [0.3, 0.4) is 0 Å². The molecule has 0 spiro atoms. The van der Waals surface area contributed by atoms with Gasteiger partial charge in [-0.05, 0) is 215 Å². The van der Waals surface area contributed by atoms with Crippen LogP contribution in [0.2, 0.25) is 0 Å². The van der Waals surface area contributed by atoms with Crippen LogP contribution < -0.4 is 20.4 Å². The zero-order valence-corrected chi connectivity index (χ0v) is 58.6. The number of aryl methyl sites for hydroxylation is 6. The van der Waals surface area contributed by atoms with Crippen molar-refractivity contribution in [1.82, 2.24) is 0 Å². The highest BCUT2D eigenvalue weighted by Gasteiger charge is 2.32. The number of benzene rings is 9. The Balaban J connectivity index is 1.05. The van der Waals surface area contributed by atoms with E-state index in [1.807, 2.05) is 132 Å². The van der Waals surface area contributed by atoms with Crippen LogP contribution in [0.15, 0.2) is 161 Å². The number of hydrogen-bond acceptors (Lipinski definition) is 14. The predicted molar refractivity (Wildman–Crippen MR) is 386 cm³/mol. The van der Waals surface area contributed by atoms with E-state index in [-0.39, 0.29) is 74.9 Å². The van der Waals surface area contributed by atoms with Gasteiger partial charge in [-0.1, -0.05) is 92.7 Å². The molecule has 0 aliphatic heterocycles. The molecule has 0 bridgehead atoms. The Kier molecular flexibility index (Phi) is 21.9. The Hall–Kier alpha value is -9.72. The number of phenolic OH excluding ortho intramolecular Hbond substituents is 2. The first-order chi connectivity index (χ1) is 46.1. The number of carbonyl (C=O) groups is 4. The van der Waals surface area contributed by atoms with Crippen molar-refractivity contribution >= 4 is 77.5 Å². The average Bonchev–Trinajstić information content (AvgIpc) is 0.758. The number of aromatic hydroxyl groups is 2. The van der Waals surface area contributed by atoms with Gasteiger partial charge in [-0.15, -0.1) is 0 Å². The van der Waals surface area contributed by atoms with Crippen molar-refractivity contribution in [2.24, 2.45) is 0 Å². The van der Waals surface area contributed by atoms with Gasteiger partial charge in [-0.2, -0.15) is 16.8 Å². The van der Waals surface area contributed by atoms with Crippen LogP contribution in [0.5, 0.6) is 11.5 Å². The molecule has 0 unspecified atom stereocenters. The maximum atomic E-state index is 14.5. The molecular weight excluding hydrogens is 1260 g/mol. The number of Topliss-reactive ketones (excluding diaryl/α,β-unsaturated/α-hetero) is 2. The average molecular weight is 1350 g/mol. The smallest absolute Gasteiger partial charge is 0.294 e. The molecule has 97 heavy (non-hydrogen) atoms. The summed E-state index contributed by atoms with van der Waals surface area (Å²) in [6.45, 7) is 26.4. The van der Waals surface area contributed by atoms with Crippen LogP contribution in [0.1, 0.15) is 172 Å². The molecule has 0 amide bonds. The van der Waals surface area contributed by atoms with Gasteiger partial charge in [0.2, 0.25) is 0 Å². The molecular formula is C79H84N4O12S2. The number of ketones is 4. The second-order valence-electron chi connectivity index (χ2n) is 24.5. The quantitative estimate of drug-likeness (QED) is 0.0159. The van der Waals surface area contributed by atoms with Crippen LogP contribution in [0.4, 0.5) is 34.1 Å². The van der Waals surface area contributed by atoms with E-state index in [1.165, 1.54) is 6.07 Å². The number of rotatable bonds is 27. The molecule has 16 nitrogen and oxygen atoms in total. The molecule has 0 heterocycles. The van der Waals surface area contributed by atoms with Crippen LogP contribution in [0.25, 0.3) is 0 Å². The minimum absolute atomic E-state index is 0.0423. The summed E-state index contributed by atoms with van der Waals surface area (Å²) in [7, 11) is -10.1. The summed E-state index contributed by atoms with van der Waals surface area (Å²) >= 11 is 0. The molecule has 0 aliphatic carbocycles. The van der Waals surface area contributed by atoms with Crippen molar-refractivity contribution in [3.63, 3.8) is 0 Å². The van der Waals surface area contributed by atoms with E-state index in [1.54, 1.807) is 84.9 Å². The number of nitrogens with one attached hydrogen (secondary N) is 2. The van der Waals surface area contributed by atoms with Crippen molar-refractivity contribution < 1.29 is 55.3 Å². The van der Waals surface area contributed by atoms with Crippen molar-refractivity contribution in [3.05, 3.63) is 257 Å². The van der Waals surface area contributed by atoms with Gasteiger partial charge in [-0.25, -0.2) is 0 Å². The summed E-state index contributed by atoms with van der Waals surface area (Å²) in [4.78, 5) is 60.0. The summed E-state index contributed by atoms with van der Waals surface area (Å²) in [5.74, 6) is -2.86. The van der Waals surface area contributed by atoms with Gasteiger partial charge in [0.25, 0.3) is 20.2 Å². The molecule has 0 fully saturated rings. The van der Waals surface area contributed by atoms with Crippen molar-refractivity contribution in [2.45, 2.75) is 124 Å². The third-order valence-corrected chi connectivity index (χ3v) is 20.4. The van der Waals surface area contributed by atoms with Gasteiger partial charge in [0, 0.05) is 113 Å². The first-order valence-electron chi connectivity index (χ1n) is 32.6. The number of hydrogen-bond donors (Lipinski definition) is 6. The highest BCUT2D eigenvalue weighted by Crippen LogP contribution is 2.43. The molecule has 504 valence electrons. The van der Waals surface area contributed by atoms with Crippen molar-refractivity contribution in [1.29, 1.82) is 0 Å². The van der Waals surface area contributed by atoms with Crippen LogP contribution >= 0.6 is 0 Å².